The third-order valence-corrected chi connectivity index (χ3v) is 6.42. The summed E-state index contributed by atoms with van der Waals surface area (Å²) in [5.41, 5.74) is 2.71. The molecular weight excluding hydrogens is 462 g/mol. The highest BCUT2D eigenvalue weighted by Crippen LogP contribution is 2.25. The number of hydrogen-bond donors (Lipinski definition) is 1. The molecule has 1 N–H and O–H groups in total. The first kappa shape index (κ1) is 21.2. The molecule has 3 aromatic rings. The van der Waals surface area contributed by atoms with Crippen molar-refractivity contribution in [3.63, 3.8) is 0 Å². The predicted molar refractivity (Wildman–Crippen MR) is 128 cm³/mol. The molecule has 5 rings (SSSR count). The van der Waals surface area contributed by atoms with Crippen LogP contribution in [0.3, 0.4) is 0 Å². The lowest BCUT2D eigenvalue weighted by molar-refractivity contribution is -0.114. The highest BCUT2D eigenvalue weighted by Gasteiger charge is 2.32. The summed E-state index contributed by atoms with van der Waals surface area (Å²) in [6.07, 6.45) is 3.36. The van der Waals surface area contributed by atoms with Gasteiger partial charge in [0.05, 0.1) is 16.8 Å². The molecule has 0 fully saturated rings. The van der Waals surface area contributed by atoms with Crippen LogP contribution in [-0.4, -0.2) is 42.1 Å². The Kier molecular flexibility index (Phi) is 5.60. The molecule has 4 heterocycles. The number of hydrogen-bond acceptors (Lipinski definition) is 9. The van der Waals surface area contributed by atoms with Crippen molar-refractivity contribution in [2.45, 2.75) is 26.4 Å². The number of nitrogens with one attached hydrogen (secondary N) is 1. The average molecular weight is 480 g/mol. The maximum absolute atomic E-state index is 12.3. The minimum Gasteiger partial charge on any atom is -0.487 e. The van der Waals surface area contributed by atoms with Gasteiger partial charge in [0.15, 0.2) is 11.0 Å². The van der Waals surface area contributed by atoms with E-state index in [1.54, 1.807) is 30.3 Å². The monoisotopic (exact) mass is 479 g/mol. The molecule has 0 atom stereocenters. The molecular formula is C21H17N7O3S2. The second kappa shape index (κ2) is 8.71. The Balaban J connectivity index is 1.29. The normalized spacial score (nSPS) is 16.6. The minimum absolute atomic E-state index is 0.00973. The van der Waals surface area contributed by atoms with Crippen molar-refractivity contribution >= 4 is 56.6 Å². The summed E-state index contributed by atoms with van der Waals surface area (Å²) < 4.78 is 7.11. The van der Waals surface area contributed by atoms with E-state index in [9.17, 15) is 9.59 Å². The van der Waals surface area contributed by atoms with Gasteiger partial charge in [0, 0.05) is 12.5 Å². The first-order valence-corrected chi connectivity index (χ1v) is 11.8. The number of rotatable bonds is 6. The second-order valence-corrected chi connectivity index (χ2v) is 8.99. The molecule has 0 saturated heterocycles. The maximum atomic E-state index is 12.3. The molecule has 0 unspecified atom stereocenters. The van der Waals surface area contributed by atoms with Crippen LogP contribution in [-0.2, 0) is 17.8 Å². The highest BCUT2D eigenvalue weighted by atomic mass is 32.2. The molecule has 0 spiro atoms. The van der Waals surface area contributed by atoms with Crippen LogP contribution in [0.5, 0.6) is 5.75 Å². The largest absolute Gasteiger partial charge is 0.487 e. The van der Waals surface area contributed by atoms with Crippen LogP contribution in [0.4, 0.5) is 0 Å². The van der Waals surface area contributed by atoms with Crippen LogP contribution >= 0.6 is 23.1 Å². The van der Waals surface area contributed by atoms with Gasteiger partial charge in [-0.3, -0.25) is 15.0 Å². The number of carbonyl (C=O) groups excluding carboxylic acids is 1. The predicted octanol–water partition coefficient (Wildman–Crippen LogP) is 2.93. The topological polar surface area (TPSA) is 125 Å². The Morgan fingerprint density at radius 3 is 2.82 bits per heavy atom. The molecule has 1 aromatic carbocycles. The molecule has 33 heavy (non-hydrogen) atoms. The van der Waals surface area contributed by atoms with Gasteiger partial charge in [-0.25, -0.2) is 4.98 Å². The number of aliphatic imine (C=N–C) groups is 1. The molecule has 2 aliphatic heterocycles. The summed E-state index contributed by atoms with van der Waals surface area (Å²) in [5, 5.41) is 19.2. The van der Waals surface area contributed by atoms with Crippen molar-refractivity contribution in [1.82, 2.24) is 19.6 Å². The van der Waals surface area contributed by atoms with Gasteiger partial charge in [-0.05, 0) is 42.0 Å². The van der Waals surface area contributed by atoms with Gasteiger partial charge in [-0.15, -0.1) is 0 Å². The van der Waals surface area contributed by atoms with Crippen molar-refractivity contribution in [2.24, 2.45) is 10.1 Å². The first-order chi connectivity index (χ1) is 16.0. The van der Waals surface area contributed by atoms with Crippen molar-refractivity contribution in [2.75, 3.05) is 0 Å². The highest BCUT2D eigenvalue weighted by molar-refractivity contribution is 8.25. The number of aromatic nitrogens is 3. The van der Waals surface area contributed by atoms with Crippen LogP contribution in [0, 0.1) is 5.41 Å². The lowest BCUT2D eigenvalue weighted by Gasteiger charge is -2.20. The standard InChI is InChI=1S/C21H17N7O3S2/c1-2-3-16-26-27-17(29)9-13(24-21(27)33-16)10-31-14-6-4-12(5-7-14)8-15-18(22)28-20(25-19(15)30)32-11-23-28/h4-9,11,22H,2-3,10H2,1H3/b15-8+,22-18?. The van der Waals surface area contributed by atoms with Crippen LogP contribution in [0.2, 0.25) is 0 Å². The molecule has 12 heteroatoms. The van der Waals surface area contributed by atoms with Gasteiger partial charge in [-0.2, -0.15) is 24.7 Å². The Bertz CT molecular complexity index is 1420. The van der Waals surface area contributed by atoms with E-state index in [0.717, 1.165) is 23.4 Å². The zero-order chi connectivity index (χ0) is 22.9. The number of carbonyl (C=O) groups is 1. The Hall–Kier alpha value is -3.64. The van der Waals surface area contributed by atoms with Crippen LogP contribution < -0.4 is 10.3 Å². The molecule has 166 valence electrons. The van der Waals surface area contributed by atoms with Crippen molar-refractivity contribution in [3.8, 4) is 5.75 Å². The molecule has 0 saturated carbocycles. The first-order valence-electron chi connectivity index (χ1n) is 10.1. The van der Waals surface area contributed by atoms with E-state index in [2.05, 4.69) is 27.1 Å². The molecule has 0 radical (unpaired) electrons. The summed E-state index contributed by atoms with van der Waals surface area (Å²) in [6, 6.07) is 8.47. The van der Waals surface area contributed by atoms with E-state index in [-0.39, 0.29) is 23.6 Å². The molecule has 2 aliphatic rings. The molecule has 2 aromatic heterocycles. The third kappa shape index (κ3) is 4.22. The van der Waals surface area contributed by atoms with Gasteiger partial charge in [0.1, 0.15) is 17.4 Å². The number of hydrazone groups is 1. The smallest absolute Gasteiger partial charge is 0.283 e. The summed E-state index contributed by atoms with van der Waals surface area (Å²) >= 11 is 2.61. The van der Waals surface area contributed by atoms with E-state index in [1.165, 1.54) is 44.2 Å². The van der Waals surface area contributed by atoms with Crippen LogP contribution in [0.25, 0.3) is 11.0 Å². The van der Waals surface area contributed by atoms with Crippen LogP contribution in [0.1, 0.15) is 29.6 Å². The Morgan fingerprint density at radius 2 is 2.03 bits per heavy atom. The summed E-state index contributed by atoms with van der Waals surface area (Å²) in [5.74, 6) is 0.105. The quantitative estimate of drug-likeness (QED) is 0.539. The molecule has 0 bridgehead atoms. The fourth-order valence-corrected chi connectivity index (χ4v) is 4.83. The number of benzene rings is 1. The van der Waals surface area contributed by atoms with E-state index >= 15 is 0 Å². The molecule has 1 amide bonds. The molecule has 0 aliphatic carbocycles. The summed E-state index contributed by atoms with van der Waals surface area (Å²) in [6.45, 7) is 2.20. The molecule has 10 nitrogen and oxygen atoms in total. The number of fused-ring (bicyclic) bond motifs is 2. The zero-order valence-corrected chi connectivity index (χ0v) is 19.0. The lowest BCUT2D eigenvalue weighted by Crippen LogP contribution is -2.35. The van der Waals surface area contributed by atoms with Gasteiger partial charge in [0.25, 0.3) is 11.5 Å². The van der Waals surface area contributed by atoms with E-state index in [1.807, 2.05) is 0 Å². The van der Waals surface area contributed by atoms with E-state index < -0.39 is 5.91 Å². The van der Waals surface area contributed by atoms with E-state index in [4.69, 9.17) is 10.1 Å². The number of ether oxygens (including phenoxy) is 1. The van der Waals surface area contributed by atoms with Gasteiger partial charge >= 0.3 is 0 Å². The van der Waals surface area contributed by atoms with Crippen molar-refractivity contribution in [1.29, 1.82) is 5.41 Å². The van der Waals surface area contributed by atoms with Crippen molar-refractivity contribution in [3.05, 3.63) is 62.5 Å². The number of amidine groups is 2. The summed E-state index contributed by atoms with van der Waals surface area (Å²) in [4.78, 5) is 33.6. The number of amides is 1. The fourth-order valence-electron chi connectivity index (χ4n) is 3.21. The Morgan fingerprint density at radius 1 is 1.21 bits per heavy atom. The summed E-state index contributed by atoms with van der Waals surface area (Å²) in [7, 11) is 0. The average Bonchev–Trinajstić information content (AvgIpc) is 3.43. The minimum atomic E-state index is -0.470. The van der Waals surface area contributed by atoms with Gasteiger partial charge in [0.2, 0.25) is 4.96 Å². The zero-order valence-electron chi connectivity index (χ0n) is 17.4. The van der Waals surface area contributed by atoms with Crippen molar-refractivity contribution < 1.29 is 9.53 Å². The van der Waals surface area contributed by atoms with Gasteiger partial charge in [-0.1, -0.05) is 30.4 Å². The SMILES string of the molecule is CCCc1nn2c(=O)cc(COc3ccc(/C=C4\C(=N)N5N=CSC5=NC4=O)cc3)nc2s1. The maximum Gasteiger partial charge on any atom is 0.283 e. The van der Waals surface area contributed by atoms with E-state index in [0.29, 0.717) is 21.6 Å². The number of nitrogens with zero attached hydrogens (tertiary/aromatic N) is 6. The fraction of sp³-hybridized carbons (Fsp3) is 0.190. The Labute approximate surface area is 195 Å². The van der Waals surface area contributed by atoms with Crippen LogP contribution in [0.15, 0.2) is 50.8 Å². The third-order valence-electron chi connectivity index (χ3n) is 4.78. The lowest BCUT2D eigenvalue weighted by atomic mass is 10.1. The number of aryl methyl sites for hydroxylation is 1. The van der Waals surface area contributed by atoms with Gasteiger partial charge < -0.3 is 4.74 Å². The second-order valence-electron chi connectivity index (χ2n) is 7.14. The number of thioether (sulfide) groups is 1.